The minimum Gasteiger partial charge on any atom is -0.481 e. The van der Waals surface area contributed by atoms with E-state index >= 15 is 0 Å². The third kappa shape index (κ3) is 6.92. The van der Waals surface area contributed by atoms with E-state index in [4.69, 9.17) is 14.6 Å². The van der Waals surface area contributed by atoms with Gasteiger partial charge in [0.25, 0.3) is 0 Å². The van der Waals surface area contributed by atoms with Crippen LogP contribution in [0.3, 0.4) is 0 Å². The van der Waals surface area contributed by atoms with Crippen LogP contribution in [0.1, 0.15) is 64.7 Å². The summed E-state index contributed by atoms with van der Waals surface area (Å²) >= 11 is 0. The van der Waals surface area contributed by atoms with E-state index in [0.29, 0.717) is 6.42 Å². The molecule has 0 aromatic rings. The summed E-state index contributed by atoms with van der Waals surface area (Å²) in [6.07, 6.45) is 15.4. The summed E-state index contributed by atoms with van der Waals surface area (Å²) < 4.78 is 11.6. The Hall–Kier alpha value is -1.17. The van der Waals surface area contributed by atoms with Crippen LogP contribution in [0.25, 0.3) is 0 Å². The van der Waals surface area contributed by atoms with E-state index < -0.39 is 12.1 Å². The number of fused-ring (bicyclic) bond motifs is 2. The number of ether oxygens (including phenoxy) is 2. The number of carbonyl (C=O) groups is 1. The molecule has 0 aromatic heterocycles. The number of hydrogen-bond donors (Lipinski definition) is 2. The van der Waals surface area contributed by atoms with Gasteiger partial charge in [0.1, 0.15) is 0 Å². The summed E-state index contributed by atoms with van der Waals surface area (Å²) in [5.74, 6) is -0.481. The number of aliphatic hydroxyl groups excluding tert-OH is 1. The Bertz CT molecular complexity index is 453. The van der Waals surface area contributed by atoms with Gasteiger partial charge in [-0.05, 0) is 25.7 Å². The Balaban J connectivity index is 1.76. The number of carboxylic acids is 1. The minimum absolute atomic E-state index is 0.0120. The van der Waals surface area contributed by atoms with Crippen LogP contribution in [0.15, 0.2) is 24.3 Å². The van der Waals surface area contributed by atoms with Crippen molar-refractivity contribution >= 4 is 5.97 Å². The summed E-state index contributed by atoms with van der Waals surface area (Å²) in [5, 5.41) is 18.7. The number of aliphatic hydroxyl groups is 1. The molecule has 0 radical (unpaired) electrons. The average Bonchev–Trinajstić information content (AvgIpc) is 2.55. The molecule has 0 aromatic carbocycles. The van der Waals surface area contributed by atoms with E-state index in [1.807, 2.05) is 18.2 Å². The topological polar surface area (TPSA) is 76.0 Å². The molecule has 3 unspecified atom stereocenters. The van der Waals surface area contributed by atoms with E-state index in [9.17, 15) is 9.90 Å². The first kappa shape index (κ1) is 20.1. The maximum absolute atomic E-state index is 10.5. The fourth-order valence-electron chi connectivity index (χ4n) is 3.38. The van der Waals surface area contributed by atoms with Gasteiger partial charge in [-0.2, -0.15) is 0 Å². The molecule has 0 saturated carbocycles. The van der Waals surface area contributed by atoms with Crippen molar-refractivity contribution in [3.05, 3.63) is 24.3 Å². The zero-order valence-electron chi connectivity index (χ0n) is 15.2. The molecule has 5 nitrogen and oxygen atoms in total. The Morgan fingerprint density at radius 2 is 2.04 bits per heavy atom. The molecule has 3 aliphatic rings. The van der Waals surface area contributed by atoms with Gasteiger partial charge >= 0.3 is 5.97 Å². The molecule has 0 amide bonds. The van der Waals surface area contributed by atoms with Crippen LogP contribution in [0, 0.1) is 5.92 Å². The van der Waals surface area contributed by atoms with Crippen LogP contribution >= 0.6 is 0 Å². The standard InChI is InChI=1S/C20H32O5/c1-2-3-6-9-15(21)12-13-17-16(18-14-20(24-17)25-18)10-7-4-5-8-11-19(22)23/h4,7,12-13,15-18,20-21H,2-3,5-6,8-11,14H2,1H3,(H,22,23)/b7-4+,13-12+/t15?,16-,17-,18?,20?/m1/s1. The first-order chi connectivity index (χ1) is 12.1. The van der Waals surface area contributed by atoms with Gasteiger partial charge in [0, 0.05) is 18.8 Å². The molecule has 3 fully saturated rings. The van der Waals surface area contributed by atoms with Crippen molar-refractivity contribution in [1.29, 1.82) is 0 Å². The second-order valence-electron chi connectivity index (χ2n) is 7.05. The zero-order valence-corrected chi connectivity index (χ0v) is 15.2. The Morgan fingerprint density at radius 3 is 2.76 bits per heavy atom. The summed E-state index contributed by atoms with van der Waals surface area (Å²) in [7, 11) is 0. The highest BCUT2D eigenvalue weighted by Gasteiger charge is 2.46. The third-order valence-corrected chi connectivity index (χ3v) is 4.92. The summed E-state index contributed by atoms with van der Waals surface area (Å²) in [6.45, 7) is 2.16. The van der Waals surface area contributed by atoms with Crippen LogP contribution in [0.5, 0.6) is 0 Å². The highest BCUT2D eigenvalue weighted by atomic mass is 16.7. The van der Waals surface area contributed by atoms with Gasteiger partial charge in [0.15, 0.2) is 6.29 Å². The van der Waals surface area contributed by atoms with Gasteiger partial charge in [-0.25, -0.2) is 0 Å². The normalized spacial score (nSPS) is 29.8. The first-order valence-electron chi connectivity index (χ1n) is 9.64. The third-order valence-electron chi connectivity index (χ3n) is 4.92. The zero-order chi connectivity index (χ0) is 18.1. The maximum atomic E-state index is 10.5. The highest BCUT2D eigenvalue weighted by molar-refractivity contribution is 5.66. The number of allylic oxidation sites excluding steroid dienone is 2. The molecule has 5 atom stereocenters. The molecule has 0 spiro atoms. The van der Waals surface area contributed by atoms with Gasteiger partial charge in [-0.3, -0.25) is 4.79 Å². The molecule has 5 heteroatoms. The summed E-state index contributed by atoms with van der Waals surface area (Å²) in [6, 6.07) is 0. The van der Waals surface area contributed by atoms with Crippen LogP contribution < -0.4 is 0 Å². The Morgan fingerprint density at radius 1 is 1.24 bits per heavy atom. The number of aliphatic carboxylic acids is 1. The lowest BCUT2D eigenvalue weighted by molar-refractivity contribution is -0.337. The molecule has 2 N–H and O–H groups in total. The van der Waals surface area contributed by atoms with Gasteiger partial charge in [0.05, 0.1) is 18.3 Å². The molecule has 0 aliphatic carbocycles. The van der Waals surface area contributed by atoms with Gasteiger partial charge in [0.2, 0.25) is 0 Å². The van der Waals surface area contributed by atoms with E-state index in [-0.39, 0.29) is 30.8 Å². The maximum Gasteiger partial charge on any atom is 0.303 e. The largest absolute Gasteiger partial charge is 0.481 e. The number of hydrogen-bond acceptors (Lipinski definition) is 4. The van der Waals surface area contributed by atoms with E-state index in [1.165, 1.54) is 0 Å². The quantitative estimate of drug-likeness (QED) is 0.412. The number of rotatable bonds is 12. The molecular formula is C20H32O5. The molecular weight excluding hydrogens is 320 g/mol. The van der Waals surface area contributed by atoms with Crippen molar-refractivity contribution in [2.24, 2.45) is 5.92 Å². The summed E-state index contributed by atoms with van der Waals surface area (Å²) in [4.78, 5) is 10.5. The minimum atomic E-state index is -0.745. The van der Waals surface area contributed by atoms with Crippen LogP contribution in [0.2, 0.25) is 0 Å². The molecule has 2 bridgehead atoms. The first-order valence-corrected chi connectivity index (χ1v) is 9.64. The van der Waals surface area contributed by atoms with Gasteiger partial charge in [-0.1, -0.05) is 50.5 Å². The monoisotopic (exact) mass is 352 g/mol. The fourth-order valence-corrected chi connectivity index (χ4v) is 3.38. The van der Waals surface area contributed by atoms with Crippen LogP contribution in [-0.4, -0.2) is 40.8 Å². The lowest BCUT2D eigenvalue weighted by atomic mass is 9.84. The smallest absolute Gasteiger partial charge is 0.303 e. The molecule has 3 aliphatic heterocycles. The van der Waals surface area contributed by atoms with Crippen molar-refractivity contribution in [2.45, 2.75) is 89.3 Å². The molecule has 25 heavy (non-hydrogen) atoms. The van der Waals surface area contributed by atoms with Crippen molar-refractivity contribution in [3.63, 3.8) is 0 Å². The van der Waals surface area contributed by atoms with Crippen molar-refractivity contribution in [2.75, 3.05) is 0 Å². The molecule has 3 heterocycles. The van der Waals surface area contributed by atoms with Gasteiger partial charge < -0.3 is 19.7 Å². The van der Waals surface area contributed by atoms with Crippen LogP contribution in [-0.2, 0) is 14.3 Å². The predicted octanol–water partition coefficient (Wildman–Crippen LogP) is 3.82. The van der Waals surface area contributed by atoms with Gasteiger partial charge in [-0.15, -0.1) is 0 Å². The SMILES string of the molecule is CCCCCC(O)/C=C/[C@H]1OC2CC(O2)[C@@H]1C/C=C/CCCC(=O)O. The van der Waals surface area contributed by atoms with Crippen LogP contribution in [0.4, 0.5) is 0 Å². The lowest BCUT2D eigenvalue weighted by Crippen LogP contribution is -2.55. The van der Waals surface area contributed by atoms with E-state index in [2.05, 4.69) is 13.0 Å². The van der Waals surface area contributed by atoms with E-state index in [1.54, 1.807) is 0 Å². The van der Waals surface area contributed by atoms with Crippen molar-refractivity contribution < 1.29 is 24.5 Å². The summed E-state index contributed by atoms with van der Waals surface area (Å²) in [5.41, 5.74) is 0. The highest BCUT2D eigenvalue weighted by Crippen LogP contribution is 2.40. The predicted molar refractivity (Wildman–Crippen MR) is 96.2 cm³/mol. The molecule has 142 valence electrons. The lowest BCUT2D eigenvalue weighted by Gasteiger charge is -2.49. The molecule has 3 rings (SSSR count). The molecule has 3 saturated heterocycles. The van der Waals surface area contributed by atoms with Crippen molar-refractivity contribution in [3.8, 4) is 0 Å². The Labute approximate surface area is 150 Å². The Kier molecular flexibility index (Phi) is 8.65. The number of carboxylic acid groups (broad SMARTS) is 1. The van der Waals surface area contributed by atoms with E-state index in [0.717, 1.165) is 44.9 Å². The average molecular weight is 352 g/mol. The number of unbranched alkanes of at least 4 members (excludes halogenated alkanes) is 3. The fraction of sp³-hybridized carbons (Fsp3) is 0.750. The second-order valence-corrected chi connectivity index (χ2v) is 7.05. The second kappa shape index (κ2) is 10.7. The van der Waals surface area contributed by atoms with Crippen molar-refractivity contribution in [1.82, 2.24) is 0 Å².